The Morgan fingerprint density at radius 1 is 1.00 bits per heavy atom. The molecule has 6 N–H and O–H groups in total. The second kappa shape index (κ2) is 15.7. The molecule has 0 spiro atoms. The second-order valence-corrected chi connectivity index (χ2v) is 10.8. The van der Waals surface area contributed by atoms with Crippen LogP contribution in [0.25, 0.3) is 0 Å². The highest BCUT2D eigenvalue weighted by molar-refractivity contribution is 7.12. The third-order valence-corrected chi connectivity index (χ3v) is 7.31. The van der Waals surface area contributed by atoms with Gasteiger partial charge in [-0.25, -0.2) is 9.59 Å². The lowest BCUT2D eigenvalue weighted by molar-refractivity contribution is -0.193. The first kappa shape index (κ1) is 35.5. The SMILES string of the molecule is C[C@H](NC(=O)[C@H]1C[C@H](Cc2ccccc2)CN1)C(=O)NCc1cc2c(s1)CNC2.O=C(O)C(F)(F)F.O=C(O)C(F)(F)F. The molecule has 238 valence electrons. The number of amides is 2. The predicted octanol–water partition coefficient (Wildman–Crippen LogP) is 2.96. The molecule has 1 aromatic heterocycles. The number of alkyl halides is 6. The number of aliphatic carboxylic acids is 2. The summed E-state index contributed by atoms with van der Waals surface area (Å²) in [5.41, 5.74) is 2.63. The summed E-state index contributed by atoms with van der Waals surface area (Å²) in [6.45, 7) is 4.90. The van der Waals surface area contributed by atoms with E-state index in [9.17, 15) is 35.9 Å². The van der Waals surface area contributed by atoms with E-state index >= 15 is 0 Å². The molecule has 1 saturated heterocycles. The van der Waals surface area contributed by atoms with E-state index in [-0.39, 0.29) is 17.9 Å². The van der Waals surface area contributed by atoms with Crippen molar-refractivity contribution < 1.29 is 55.7 Å². The van der Waals surface area contributed by atoms with Crippen LogP contribution in [-0.2, 0) is 45.2 Å². The Morgan fingerprint density at radius 2 is 1.58 bits per heavy atom. The van der Waals surface area contributed by atoms with Crippen molar-refractivity contribution in [2.75, 3.05) is 6.54 Å². The standard InChI is InChI=1S/C22H28N4O2S.2C2HF3O2/c1-14(21(27)25-12-18-9-17-11-23-13-20(17)29-18)26-22(28)19-8-16(10-24-19)7-15-5-3-2-4-6-15;2*3-2(4,5)1(6)7/h2-6,9,14,16,19,23-24H,7-8,10-13H2,1H3,(H,25,27)(H,26,28);2*(H,6,7)/t14-,16-,19+;;/m0../s1. The number of fused-ring (bicyclic) bond motifs is 1. The highest BCUT2D eigenvalue weighted by Crippen LogP contribution is 2.26. The Kier molecular flexibility index (Phi) is 12.9. The average molecular weight is 641 g/mol. The lowest BCUT2D eigenvalue weighted by Gasteiger charge is -2.17. The third kappa shape index (κ3) is 12.2. The van der Waals surface area contributed by atoms with E-state index in [0.29, 0.717) is 12.5 Å². The molecule has 0 unspecified atom stereocenters. The minimum atomic E-state index is -5.08. The van der Waals surface area contributed by atoms with Gasteiger partial charge in [0.15, 0.2) is 0 Å². The molecule has 0 bridgehead atoms. The largest absolute Gasteiger partial charge is 0.490 e. The zero-order chi connectivity index (χ0) is 32.4. The van der Waals surface area contributed by atoms with Crippen LogP contribution in [0.4, 0.5) is 26.3 Å². The maximum absolute atomic E-state index is 12.6. The van der Waals surface area contributed by atoms with Gasteiger partial charge in [-0.15, -0.1) is 11.3 Å². The molecule has 0 saturated carbocycles. The van der Waals surface area contributed by atoms with Crippen LogP contribution in [0.1, 0.15) is 34.2 Å². The van der Waals surface area contributed by atoms with E-state index in [2.05, 4.69) is 39.5 Å². The Morgan fingerprint density at radius 3 is 2.12 bits per heavy atom. The molecule has 3 heterocycles. The van der Waals surface area contributed by atoms with E-state index < -0.39 is 30.3 Å². The number of benzene rings is 1. The fourth-order valence-electron chi connectivity index (χ4n) is 4.04. The van der Waals surface area contributed by atoms with Crippen LogP contribution in [-0.4, -0.2) is 64.9 Å². The number of hydrogen-bond acceptors (Lipinski definition) is 7. The number of nitrogens with one attached hydrogen (secondary N) is 4. The molecule has 1 aromatic carbocycles. The molecule has 2 aliphatic rings. The summed E-state index contributed by atoms with van der Waals surface area (Å²) in [5, 5.41) is 26.7. The van der Waals surface area contributed by atoms with Crippen molar-refractivity contribution >= 4 is 35.1 Å². The van der Waals surface area contributed by atoms with Crippen LogP contribution >= 0.6 is 11.3 Å². The first-order chi connectivity index (χ1) is 20.0. The summed E-state index contributed by atoms with van der Waals surface area (Å²) in [7, 11) is 0. The number of hydrogen-bond donors (Lipinski definition) is 6. The number of carbonyl (C=O) groups is 4. The van der Waals surface area contributed by atoms with E-state index in [1.165, 1.54) is 16.0 Å². The number of carboxylic acids is 2. The van der Waals surface area contributed by atoms with Gasteiger partial charge in [-0.1, -0.05) is 30.3 Å². The highest BCUT2D eigenvalue weighted by Gasteiger charge is 2.39. The first-order valence-corrected chi connectivity index (χ1v) is 13.6. The summed E-state index contributed by atoms with van der Waals surface area (Å²) in [5.74, 6) is -5.32. The molecule has 43 heavy (non-hydrogen) atoms. The van der Waals surface area contributed by atoms with Crippen LogP contribution in [0.5, 0.6) is 0 Å². The Bertz CT molecular complexity index is 1210. The molecule has 2 aliphatic heterocycles. The molecule has 2 aromatic rings. The number of halogens is 6. The molecule has 0 radical (unpaired) electrons. The highest BCUT2D eigenvalue weighted by atomic mass is 32.1. The van der Waals surface area contributed by atoms with Gasteiger partial charge in [0.1, 0.15) is 6.04 Å². The molecule has 2 amide bonds. The number of carboxylic acid groups (broad SMARTS) is 2. The fourth-order valence-corrected chi connectivity index (χ4v) is 5.14. The van der Waals surface area contributed by atoms with Crippen LogP contribution in [0.3, 0.4) is 0 Å². The molecule has 4 rings (SSSR count). The summed E-state index contributed by atoms with van der Waals surface area (Å²) in [6.07, 6.45) is -8.40. The van der Waals surface area contributed by atoms with E-state index in [4.69, 9.17) is 19.8 Å². The summed E-state index contributed by atoms with van der Waals surface area (Å²) in [6, 6.07) is 11.7. The van der Waals surface area contributed by atoms with Crippen molar-refractivity contribution in [3.05, 3.63) is 57.3 Å². The normalized spacial score (nSPS) is 18.2. The van der Waals surface area contributed by atoms with Crippen molar-refractivity contribution in [1.29, 1.82) is 0 Å². The lowest BCUT2D eigenvalue weighted by atomic mass is 9.96. The molecule has 10 nitrogen and oxygen atoms in total. The number of carbonyl (C=O) groups excluding carboxylic acids is 2. The molecular weight excluding hydrogens is 610 g/mol. The van der Waals surface area contributed by atoms with E-state index in [0.717, 1.165) is 37.4 Å². The predicted molar refractivity (Wildman–Crippen MR) is 142 cm³/mol. The van der Waals surface area contributed by atoms with Gasteiger partial charge in [0, 0.05) is 22.8 Å². The van der Waals surface area contributed by atoms with Crippen molar-refractivity contribution in [3.63, 3.8) is 0 Å². The van der Waals surface area contributed by atoms with Crippen LogP contribution < -0.4 is 21.3 Å². The van der Waals surface area contributed by atoms with E-state index in [1.54, 1.807) is 18.3 Å². The minimum absolute atomic E-state index is 0.0932. The minimum Gasteiger partial charge on any atom is -0.475 e. The van der Waals surface area contributed by atoms with Crippen LogP contribution in [0.15, 0.2) is 36.4 Å². The Labute approximate surface area is 245 Å². The third-order valence-electron chi connectivity index (χ3n) is 6.13. The average Bonchev–Trinajstić information content (AvgIpc) is 3.64. The summed E-state index contributed by atoms with van der Waals surface area (Å²) in [4.78, 5) is 45.3. The monoisotopic (exact) mass is 640 g/mol. The number of rotatable bonds is 7. The number of thiophene rings is 1. The van der Waals surface area contributed by atoms with Gasteiger partial charge in [-0.2, -0.15) is 26.3 Å². The molecule has 17 heteroatoms. The van der Waals surface area contributed by atoms with Gasteiger partial charge in [0.25, 0.3) is 0 Å². The van der Waals surface area contributed by atoms with Crippen molar-refractivity contribution in [2.24, 2.45) is 5.92 Å². The van der Waals surface area contributed by atoms with E-state index in [1.807, 2.05) is 18.2 Å². The quantitative estimate of drug-likeness (QED) is 0.253. The molecule has 0 aliphatic carbocycles. The second-order valence-electron chi connectivity index (χ2n) is 9.57. The smallest absolute Gasteiger partial charge is 0.475 e. The fraction of sp³-hybridized carbons (Fsp3) is 0.462. The molecule has 3 atom stereocenters. The topological polar surface area (TPSA) is 157 Å². The Balaban J connectivity index is 0.000000384. The van der Waals surface area contributed by atoms with Gasteiger partial charge in [-0.05, 0) is 49.4 Å². The van der Waals surface area contributed by atoms with Crippen molar-refractivity contribution in [1.82, 2.24) is 21.3 Å². The van der Waals surface area contributed by atoms with Gasteiger partial charge >= 0.3 is 24.3 Å². The summed E-state index contributed by atoms with van der Waals surface area (Å²) >= 11 is 1.74. The summed E-state index contributed by atoms with van der Waals surface area (Å²) < 4.78 is 63.5. The van der Waals surface area contributed by atoms with Crippen molar-refractivity contribution in [3.8, 4) is 0 Å². The van der Waals surface area contributed by atoms with Crippen LogP contribution in [0.2, 0.25) is 0 Å². The van der Waals surface area contributed by atoms with Crippen molar-refractivity contribution in [2.45, 2.75) is 63.8 Å². The first-order valence-electron chi connectivity index (χ1n) is 12.7. The lowest BCUT2D eigenvalue weighted by Crippen LogP contribution is -2.49. The van der Waals surface area contributed by atoms with Gasteiger partial charge < -0.3 is 31.5 Å². The Hall–Kier alpha value is -3.70. The zero-order valence-corrected chi connectivity index (χ0v) is 23.5. The molecule has 1 fully saturated rings. The van der Waals surface area contributed by atoms with Gasteiger partial charge in [0.2, 0.25) is 11.8 Å². The maximum atomic E-state index is 12.6. The van der Waals surface area contributed by atoms with Gasteiger partial charge in [0.05, 0.1) is 12.6 Å². The van der Waals surface area contributed by atoms with Gasteiger partial charge in [-0.3, -0.25) is 9.59 Å². The zero-order valence-electron chi connectivity index (χ0n) is 22.6. The maximum Gasteiger partial charge on any atom is 0.490 e. The van der Waals surface area contributed by atoms with Crippen LogP contribution in [0, 0.1) is 5.92 Å². The molecular formula is C26H30F6N4O6S.